The van der Waals surface area contributed by atoms with Crippen LogP contribution in [0, 0.1) is 16.4 Å². The van der Waals surface area contributed by atoms with Gasteiger partial charge >= 0.3 is 94.9 Å². The minimum atomic E-state index is 0.560. The third kappa shape index (κ3) is 3.92. The Bertz CT molecular complexity index is 330. The van der Waals surface area contributed by atoms with E-state index in [-0.39, 0.29) is 0 Å². The van der Waals surface area contributed by atoms with Crippen molar-refractivity contribution < 1.29 is 4.74 Å². The normalized spacial score (nSPS) is 9.50. The molecule has 0 N–H and O–H groups in total. The van der Waals surface area contributed by atoms with Crippen LogP contribution in [0.5, 0.6) is 5.75 Å². The zero-order valence-electron chi connectivity index (χ0n) is 9.00. The van der Waals surface area contributed by atoms with Crippen LogP contribution in [-0.2, 0) is 0 Å². The molecule has 0 saturated carbocycles. The van der Waals surface area contributed by atoms with Crippen molar-refractivity contribution in [2.75, 3.05) is 6.61 Å². The molecule has 2 heteroatoms. The zero-order chi connectivity index (χ0) is 10.4. The Labute approximate surface area is 95.1 Å². The molecule has 0 bridgehead atoms. The predicted molar refractivity (Wildman–Crippen MR) is 59.4 cm³/mol. The van der Waals surface area contributed by atoms with Crippen molar-refractivity contribution in [3.8, 4) is 16.3 Å². The van der Waals surface area contributed by atoms with E-state index in [9.17, 15) is 0 Å². The molecule has 0 fully saturated rings. The number of hydrogen-bond acceptors (Lipinski definition) is 1. The summed E-state index contributed by atoms with van der Waals surface area (Å²) in [6, 6.07) is 7.88. The summed E-state index contributed by atoms with van der Waals surface area (Å²) < 4.78 is 8.42. The molecular formula is C12H13LiO. The molecule has 0 saturated heterocycles. The molecule has 1 aromatic rings. The first-order valence-electron chi connectivity index (χ1n) is 4.88. The van der Waals surface area contributed by atoms with E-state index in [0.717, 1.165) is 17.9 Å². The summed E-state index contributed by atoms with van der Waals surface area (Å²) in [7, 11) is 0. The quantitative estimate of drug-likeness (QED) is 0.511. The van der Waals surface area contributed by atoms with Crippen molar-refractivity contribution in [3.05, 3.63) is 29.8 Å². The molecule has 0 aliphatic rings. The van der Waals surface area contributed by atoms with Crippen LogP contribution in [0.25, 0.3) is 0 Å². The van der Waals surface area contributed by atoms with Gasteiger partial charge in [0.1, 0.15) is 0 Å². The van der Waals surface area contributed by atoms with Crippen LogP contribution in [0.2, 0.25) is 0 Å². The second-order valence-corrected chi connectivity index (χ2v) is 3.60. The van der Waals surface area contributed by atoms with E-state index >= 15 is 0 Å². The van der Waals surface area contributed by atoms with Crippen LogP contribution in [0.3, 0.4) is 0 Å². The molecule has 0 amide bonds. The van der Waals surface area contributed by atoms with Crippen molar-refractivity contribution in [1.82, 2.24) is 0 Å². The van der Waals surface area contributed by atoms with Gasteiger partial charge in [-0.05, 0) is 0 Å². The molecule has 0 aliphatic heterocycles. The number of rotatable bonds is 3. The Morgan fingerprint density at radius 2 is 1.93 bits per heavy atom. The van der Waals surface area contributed by atoms with Gasteiger partial charge in [0.05, 0.1) is 0 Å². The fourth-order valence-electron chi connectivity index (χ4n) is 1.04. The first-order chi connectivity index (χ1) is 6.72. The second-order valence-electron chi connectivity index (χ2n) is 3.60. The first-order valence-corrected chi connectivity index (χ1v) is 4.88. The van der Waals surface area contributed by atoms with E-state index in [0.29, 0.717) is 5.92 Å². The third-order valence-corrected chi connectivity index (χ3v) is 1.71. The van der Waals surface area contributed by atoms with Gasteiger partial charge in [0, 0.05) is 0 Å². The third-order valence-electron chi connectivity index (χ3n) is 1.71. The summed E-state index contributed by atoms with van der Waals surface area (Å²) in [6.07, 6.45) is 0. The van der Waals surface area contributed by atoms with Crippen molar-refractivity contribution in [2.24, 2.45) is 5.92 Å². The molecule has 0 spiro atoms. The molecule has 0 aliphatic carbocycles. The summed E-state index contributed by atoms with van der Waals surface area (Å²) in [5, 5.41) is 0. The van der Waals surface area contributed by atoms with E-state index in [1.807, 2.05) is 42.0 Å². The van der Waals surface area contributed by atoms with Crippen LogP contribution >= 0.6 is 0 Å². The van der Waals surface area contributed by atoms with Crippen molar-refractivity contribution in [2.45, 2.75) is 13.8 Å². The van der Waals surface area contributed by atoms with Gasteiger partial charge in [-0.2, -0.15) is 0 Å². The molecular weight excluding hydrogens is 167 g/mol. The maximum absolute atomic E-state index is 5.55. The molecule has 0 atom stereocenters. The van der Waals surface area contributed by atoms with Crippen LogP contribution < -0.4 is 4.74 Å². The summed E-state index contributed by atoms with van der Waals surface area (Å²) >= 11 is 1.84. The Hall–Kier alpha value is -0.823. The SMILES string of the molecule is [Li][C]#Cc1ccc(OCC(C)C)cc1. The van der Waals surface area contributed by atoms with Gasteiger partial charge in [0.25, 0.3) is 0 Å². The zero-order valence-corrected chi connectivity index (χ0v) is 9.00. The van der Waals surface area contributed by atoms with Gasteiger partial charge in [0.15, 0.2) is 0 Å². The van der Waals surface area contributed by atoms with Crippen molar-refractivity contribution >= 4 is 17.7 Å². The average molecular weight is 180 g/mol. The van der Waals surface area contributed by atoms with Gasteiger partial charge in [-0.3, -0.25) is 0 Å². The topological polar surface area (TPSA) is 9.23 Å². The van der Waals surface area contributed by atoms with Crippen LogP contribution in [-0.4, -0.2) is 24.3 Å². The molecule has 0 radical (unpaired) electrons. The van der Waals surface area contributed by atoms with E-state index in [1.165, 1.54) is 0 Å². The maximum atomic E-state index is 5.55. The van der Waals surface area contributed by atoms with E-state index < -0.39 is 0 Å². The fraction of sp³-hybridized carbons (Fsp3) is 0.333. The molecule has 68 valence electrons. The Morgan fingerprint density at radius 1 is 1.29 bits per heavy atom. The Kier molecular flexibility index (Phi) is 4.67. The predicted octanol–water partition coefficient (Wildman–Crippen LogP) is 2.20. The van der Waals surface area contributed by atoms with E-state index in [1.54, 1.807) is 0 Å². The molecule has 1 aromatic carbocycles. The molecule has 1 nitrogen and oxygen atoms in total. The number of hydrogen-bond donors (Lipinski definition) is 0. The minimum absolute atomic E-state index is 0.560. The molecule has 1 rings (SSSR count). The van der Waals surface area contributed by atoms with Gasteiger partial charge in [-0.1, -0.05) is 0 Å². The summed E-state index contributed by atoms with van der Waals surface area (Å²) in [6.45, 7) is 5.03. The van der Waals surface area contributed by atoms with Gasteiger partial charge in [-0.25, -0.2) is 0 Å². The number of benzene rings is 1. The van der Waals surface area contributed by atoms with Crippen LogP contribution in [0.15, 0.2) is 24.3 Å². The van der Waals surface area contributed by atoms with Crippen LogP contribution in [0.1, 0.15) is 19.4 Å². The molecule has 0 unspecified atom stereocenters. The average Bonchev–Trinajstić information content (AvgIpc) is 2.17. The first kappa shape index (κ1) is 11.3. The summed E-state index contributed by atoms with van der Waals surface area (Å²) in [5.41, 5.74) is 1.03. The summed E-state index contributed by atoms with van der Waals surface area (Å²) in [5.74, 6) is 4.47. The second kappa shape index (κ2) is 5.81. The van der Waals surface area contributed by atoms with Crippen molar-refractivity contribution in [1.29, 1.82) is 0 Å². The Balaban J connectivity index is 2.58. The standard InChI is InChI=1S/C12H13O.Li/c1-4-11-5-7-12(8-6-11)13-9-10(2)3;/h5-8,10H,9H2,2-3H3;. The van der Waals surface area contributed by atoms with Gasteiger partial charge < -0.3 is 0 Å². The molecule has 0 heterocycles. The van der Waals surface area contributed by atoms with E-state index in [4.69, 9.17) is 4.74 Å². The summed E-state index contributed by atoms with van der Waals surface area (Å²) in [4.78, 5) is 0. The Morgan fingerprint density at radius 3 is 2.43 bits per heavy atom. The van der Waals surface area contributed by atoms with Gasteiger partial charge in [0.2, 0.25) is 0 Å². The molecule has 0 aromatic heterocycles. The number of ether oxygens (including phenoxy) is 1. The fourth-order valence-corrected chi connectivity index (χ4v) is 1.04. The van der Waals surface area contributed by atoms with Crippen molar-refractivity contribution in [3.63, 3.8) is 0 Å². The monoisotopic (exact) mass is 180 g/mol. The molecule has 14 heavy (non-hydrogen) atoms. The van der Waals surface area contributed by atoms with E-state index in [2.05, 4.69) is 24.4 Å². The van der Waals surface area contributed by atoms with Gasteiger partial charge in [-0.15, -0.1) is 0 Å². The van der Waals surface area contributed by atoms with Crippen LogP contribution in [0.4, 0.5) is 0 Å².